The maximum absolute atomic E-state index is 13.1. The fourth-order valence-electron chi connectivity index (χ4n) is 2.83. The summed E-state index contributed by atoms with van der Waals surface area (Å²) < 4.78 is 31.6. The number of rotatable bonds is 5. The first kappa shape index (κ1) is 18.2. The van der Waals surface area contributed by atoms with Gasteiger partial charge in [-0.25, -0.2) is 4.39 Å². The molecule has 3 aromatic rings. The summed E-state index contributed by atoms with van der Waals surface area (Å²) in [4.78, 5) is 0. The summed E-state index contributed by atoms with van der Waals surface area (Å²) in [5, 5.41) is 11.4. The smallest absolute Gasteiger partial charge is 0.216 e. The average molecular weight is 400 g/mol. The van der Waals surface area contributed by atoms with E-state index in [1.807, 2.05) is 6.07 Å². The Balaban J connectivity index is 1.62. The minimum atomic E-state index is -0.284. The minimum Gasteiger partial charge on any atom is -0.493 e. The van der Waals surface area contributed by atoms with E-state index in [1.54, 1.807) is 31.5 Å². The lowest BCUT2D eigenvalue weighted by atomic mass is 10.1. The van der Waals surface area contributed by atoms with Crippen LogP contribution in [0.25, 0.3) is 0 Å². The van der Waals surface area contributed by atoms with E-state index in [0.717, 1.165) is 11.1 Å². The summed E-state index contributed by atoms with van der Waals surface area (Å²) in [6, 6.07) is 9.85. The van der Waals surface area contributed by atoms with Crippen molar-refractivity contribution in [3.8, 4) is 17.2 Å². The van der Waals surface area contributed by atoms with Gasteiger partial charge >= 0.3 is 0 Å². The molecule has 1 N–H and O–H groups in total. The van der Waals surface area contributed by atoms with E-state index in [1.165, 1.54) is 16.8 Å². The van der Waals surface area contributed by atoms with E-state index in [4.69, 9.17) is 26.4 Å². The Morgan fingerprint density at radius 1 is 1.29 bits per heavy atom. The molecule has 0 aliphatic carbocycles. The molecule has 28 heavy (non-hydrogen) atoms. The Hall–Kier alpha value is -3.20. The van der Waals surface area contributed by atoms with Crippen LogP contribution in [0, 0.1) is 10.6 Å². The standard InChI is InChI=1S/C19H17FN4O3S/c1-25-15-8-13(9-16-18(15)27-7-6-26-16)11-21-24-17(22-23-19(24)28)10-12-2-4-14(20)5-3-12/h2-5,8-9,11H,6-7,10H2,1H3,(H,23,28)/b21-11-. The van der Waals surface area contributed by atoms with Crippen LogP contribution in [0.4, 0.5) is 4.39 Å². The van der Waals surface area contributed by atoms with Crippen molar-refractivity contribution in [3.05, 3.63) is 63.9 Å². The van der Waals surface area contributed by atoms with Gasteiger partial charge in [0.2, 0.25) is 10.5 Å². The number of fused-ring (bicyclic) bond motifs is 1. The molecule has 1 aromatic heterocycles. The van der Waals surface area contributed by atoms with Crippen LogP contribution >= 0.6 is 12.2 Å². The summed E-state index contributed by atoms with van der Waals surface area (Å²) in [5.74, 6) is 2.09. The zero-order valence-electron chi connectivity index (χ0n) is 15.0. The molecule has 7 nitrogen and oxygen atoms in total. The quantitative estimate of drug-likeness (QED) is 0.525. The number of nitrogens with one attached hydrogen (secondary N) is 1. The molecule has 0 saturated carbocycles. The summed E-state index contributed by atoms with van der Waals surface area (Å²) in [7, 11) is 1.57. The van der Waals surface area contributed by atoms with Crippen LogP contribution in [0.3, 0.4) is 0 Å². The van der Waals surface area contributed by atoms with E-state index in [0.29, 0.717) is 47.5 Å². The minimum absolute atomic E-state index is 0.284. The van der Waals surface area contributed by atoms with E-state index in [-0.39, 0.29) is 5.82 Å². The predicted molar refractivity (Wildman–Crippen MR) is 104 cm³/mol. The molecule has 0 spiro atoms. The fraction of sp³-hybridized carbons (Fsp3) is 0.211. The van der Waals surface area contributed by atoms with Gasteiger partial charge in [-0.05, 0) is 42.0 Å². The summed E-state index contributed by atoms with van der Waals surface area (Å²) in [6.45, 7) is 0.957. The molecule has 1 aliphatic heterocycles. The van der Waals surface area contributed by atoms with Crippen molar-refractivity contribution in [3.63, 3.8) is 0 Å². The Kier molecular flexibility index (Phi) is 5.07. The third kappa shape index (κ3) is 3.74. The van der Waals surface area contributed by atoms with Crippen LogP contribution < -0.4 is 14.2 Å². The highest BCUT2D eigenvalue weighted by Gasteiger charge is 2.18. The van der Waals surface area contributed by atoms with Gasteiger partial charge in [-0.2, -0.15) is 14.9 Å². The van der Waals surface area contributed by atoms with Crippen LogP contribution in [0.1, 0.15) is 17.0 Å². The first-order valence-electron chi connectivity index (χ1n) is 8.57. The second kappa shape index (κ2) is 7.81. The second-order valence-corrected chi connectivity index (χ2v) is 6.44. The number of ether oxygens (including phenoxy) is 3. The molecule has 0 atom stereocenters. The number of hydrogen-bond donors (Lipinski definition) is 1. The second-order valence-electron chi connectivity index (χ2n) is 6.05. The molecule has 0 bridgehead atoms. The van der Waals surface area contributed by atoms with Crippen LogP contribution in [0.2, 0.25) is 0 Å². The summed E-state index contributed by atoms with van der Waals surface area (Å²) in [6.07, 6.45) is 2.09. The van der Waals surface area contributed by atoms with Gasteiger partial charge in [-0.15, -0.1) is 0 Å². The molecule has 2 aromatic carbocycles. The Morgan fingerprint density at radius 2 is 2.07 bits per heavy atom. The maximum Gasteiger partial charge on any atom is 0.216 e. The Labute approximate surface area is 165 Å². The monoisotopic (exact) mass is 400 g/mol. The largest absolute Gasteiger partial charge is 0.493 e. The molecule has 0 amide bonds. The lowest BCUT2D eigenvalue weighted by Crippen LogP contribution is -2.16. The number of hydrogen-bond acceptors (Lipinski definition) is 6. The van der Waals surface area contributed by atoms with Crippen molar-refractivity contribution in [1.82, 2.24) is 14.9 Å². The van der Waals surface area contributed by atoms with Crippen molar-refractivity contribution in [1.29, 1.82) is 0 Å². The molecule has 0 radical (unpaired) electrons. The number of aromatic nitrogens is 3. The van der Waals surface area contributed by atoms with Crippen LogP contribution in [-0.2, 0) is 6.42 Å². The lowest BCUT2D eigenvalue weighted by Gasteiger charge is -2.20. The highest BCUT2D eigenvalue weighted by atomic mass is 32.1. The maximum atomic E-state index is 13.1. The van der Waals surface area contributed by atoms with Crippen molar-refractivity contribution in [2.45, 2.75) is 6.42 Å². The van der Waals surface area contributed by atoms with Gasteiger partial charge in [0.05, 0.1) is 13.3 Å². The normalized spacial score (nSPS) is 13.1. The number of halogens is 1. The molecule has 4 rings (SSSR count). The SMILES string of the molecule is COc1cc(/C=N\n2c(Cc3ccc(F)cc3)n[nH]c2=S)cc2c1OCCO2. The summed E-state index contributed by atoms with van der Waals surface area (Å²) >= 11 is 5.27. The Morgan fingerprint density at radius 3 is 2.86 bits per heavy atom. The van der Waals surface area contributed by atoms with E-state index >= 15 is 0 Å². The van der Waals surface area contributed by atoms with Gasteiger partial charge in [0.1, 0.15) is 19.0 Å². The fourth-order valence-corrected chi connectivity index (χ4v) is 3.03. The molecule has 0 unspecified atom stereocenters. The number of methoxy groups -OCH3 is 1. The van der Waals surface area contributed by atoms with Crippen molar-refractivity contribution in [2.75, 3.05) is 20.3 Å². The number of nitrogens with zero attached hydrogens (tertiary/aromatic N) is 3. The van der Waals surface area contributed by atoms with Crippen molar-refractivity contribution in [2.24, 2.45) is 5.10 Å². The zero-order chi connectivity index (χ0) is 19.5. The third-order valence-electron chi connectivity index (χ3n) is 4.17. The Bertz CT molecular complexity index is 1060. The van der Waals surface area contributed by atoms with Gasteiger partial charge in [0, 0.05) is 12.0 Å². The van der Waals surface area contributed by atoms with Crippen LogP contribution in [-0.4, -0.2) is 41.4 Å². The van der Waals surface area contributed by atoms with Gasteiger partial charge in [0.15, 0.2) is 17.3 Å². The van der Waals surface area contributed by atoms with Gasteiger partial charge < -0.3 is 14.2 Å². The first-order valence-corrected chi connectivity index (χ1v) is 8.97. The topological polar surface area (TPSA) is 73.7 Å². The average Bonchev–Trinajstić information content (AvgIpc) is 3.06. The van der Waals surface area contributed by atoms with Crippen molar-refractivity contribution < 1.29 is 18.6 Å². The van der Waals surface area contributed by atoms with E-state index in [2.05, 4.69) is 15.3 Å². The lowest BCUT2D eigenvalue weighted by molar-refractivity contribution is 0.165. The van der Waals surface area contributed by atoms with Gasteiger partial charge in [0.25, 0.3) is 0 Å². The molecular weight excluding hydrogens is 383 g/mol. The van der Waals surface area contributed by atoms with Crippen molar-refractivity contribution >= 4 is 18.4 Å². The number of H-pyrrole nitrogens is 1. The van der Waals surface area contributed by atoms with Crippen LogP contribution in [0.15, 0.2) is 41.5 Å². The number of benzene rings is 2. The predicted octanol–water partition coefficient (Wildman–Crippen LogP) is 3.33. The summed E-state index contributed by atoms with van der Waals surface area (Å²) in [5.41, 5.74) is 1.66. The zero-order valence-corrected chi connectivity index (χ0v) is 15.8. The highest BCUT2D eigenvalue weighted by molar-refractivity contribution is 7.71. The molecule has 9 heteroatoms. The first-order chi connectivity index (χ1) is 13.6. The van der Waals surface area contributed by atoms with Gasteiger partial charge in [-0.3, -0.25) is 5.10 Å². The molecule has 1 aliphatic rings. The third-order valence-corrected chi connectivity index (χ3v) is 4.43. The molecule has 144 valence electrons. The molecular formula is C19H17FN4O3S. The van der Waals surface area contributed by atoms with E-state index < -0.39 is 0 Å². The van der Waals surface area contributed by atoms with E-state index in [9.17, 15) is 4.39 Å². The molecule has 0 saturated heterocycles. The number of aromatic amines is 1. The highest BCUT2D eigenvalue weighted by Crippen LogP contribution is 2.40. The molecule has 0 fully saturated rings. The molecule has 2 heterocycles. The van der Waals surface area contributed by atoms with Crippen LogP contribution in [0.5, 0.6) is 17.2 Å². The van der Waals surface area contributed by atoms with Gasteiger partial charge in [-0.1, -0.05) is 12.1 Å².